The molecule has 0 N–H and O–H groups in total. The Morgan fingerprint density at radius 2 is 1.17 bits per heavy atom. The second-order valence-corrected chi connectivity index (χ2v) is 23.9. The minimum atomic E-state index is -3.05. The van der Waals surface area contributed by atoms with Crippen LogP contribution in [0.15, 0.2) is 49.0 Å². The maximum Gasteiger partial charge on any atom is 0.470 e. The molecule has 0 aliphatic carbocycles. The van der Waals surface area contributed by atoms with E-state index >= 15 is 0 Å². The van der Waals surface area contributed by atoms with E-state index in [-0.39, 0.29) is 5.97 Å². The summed E-state index contributed by atoms with van der Waals surface area (Å²) in [6, 6.07) is 0.649. The number of hydrogen-bond acceptors (Lipinski definition) is 5. The van der Waals surface area contributed by atoms with Crippen LogP contribution in [0, 0.1) is 0 Å². The van der Waals surface area contributed by atoms with E-state index < -0.39 is 33.8 Å². The van der Waals surface area contributed by atoms with Gasteiger partial charge in [0.15, 0.2) is 0 Å². The number of rotatable bonds is 15. The number of unbranched alkanes of at least 4 members (excludes halogenated alkanes) is 1. The summed E-state index contributed by atoms with van der Waals surface area (Å²) in [5.74, 6) is -0.363. The van der Waals surface area contributed by atoms with E-state index in [0.29, 0.717) is 24.6 Å². The van der Waals surface area contributed by atoms with Gasteiger partial charge in [0.1, 0.15) is 0 Å². The van der Waals surface area contributed by atoms with Crippen molar-refractivity contribution in [1.82, 2.24) is 0 Å². The van der Waals surface area contributed by atoms with E-state index in [1.807, 2.05) is 17.1 Å². The molecular weight excluding hydrogens is 433 g/mol. The highest BCUT2D eigenvalue weighted by atomic mass is 28.5. The van der Waals surface area contributed by atoms with Gasteiger partial charge >= 0.3 is 14.8 Å². The molecule has 0 atom stereocenters. The fourth-order valence-electron chi connectivity index (χ4n) is 2.27. The molecule has 0 saturated heterocycles. The molecule has 0 amide bonds. The lowest BCUT2D eigenvalue weighted by Gasteiger charge is -2.43. The number of carbonyl (C=O) groups excluding carboxylic acids is 1. The van der Waals surface area contributed by atoms with E-state index in [4.69, 9.17) is 17.1 Å². The monoisotopic (exact) mass is 472 g/mol. The number of hydrogen-bond donors (Lipinski definition) is 0. The van der Waals surface area contributed by atoms with Crippen LogP contribution in [0.5, 0.6) is 0 Å². The van der Waals surface area contributed by atoms with Crippen molar-refractivity contribution in [3.63, 3.8) is 0 Å². The maximum atomic E-state index is 11.6. The lowest BCUT2D eigenvalue weighted by molar-refractivity contribution is -0.139. The number of carbonyl (C=O) groups is 1. The van der Waals surface area contributed by atoms with Crippen LogP contribution in [0.25, 0.3) is 0 Å². The molecule has 9 heteroatoms. The highest BCUT2D eigenvalue weighted by molar-refractivity contribution is 6.93. The summed E-state index contributed by atoms with van der Waals surface area (Å²) in [5.41, 5.74) is 6.11. The van der Waals surface area contributed by atoms with Crippen molar-refractivity contribution in [2.24, 2.45) is 0 Å². The normalized spacial score (nSPS) is 12.9. The van der Waals surface area contributed by atoms with Crippen molar-refractivity contribution in [3.8, 4) is 0 Å². The second kappa shape index (κ2) is 11.5. The van der Waals surface area contributed by atoms with E-state index in [1.165, 1.54) is 0 Å². The molecule has 166 valence electrons. The molecule has 0 bridgehead atoms. The third-order valence-electron chi connectivity index (χ3n) is 4.19. The van der Waals surface area contributed by atoms with Crippen molar-refractivity contribution in [1.29, 1.82) is 0 Å². The Hall–Kier alpha value is -0.822. The Bertz CT molecular complexity index is 559. The summed E-state index contributed by atoms with van der Waals surface area (Å²) < 4.78 is 25.3. The van der Waals surface area contributed by atoms with E-state index in [2.05, 4.69) is 65.6 Å². The topological polar surface area (TPSA) is 54.0 Å². The predicted octanol–water partition coefficient (Wildman–Crippen LogP) is 5.67. The molecule has 0 aromatic rings. The zero-order valence-electron chi connectivity index (χ0n) is 19.4. The second-order valence-electron chi connectivity index (χ2n) is 8.79. The third-order valence-corrected chi connectivity index (χ3v) is 18.1. The Morgan fingerprint density at radius 3 is 1.48 bits per heavy atom. The predicted molar refractivity (Wildman–Crippen MR) is 132 cm³/mol. The van der Waals surface area contributed by atoms with Gasteiger partial charge in [-0.05, 0) is 59.0 Å². The zero-order valence-corrected chi connectivity index (χ0v) is 23.4. The van der Waals surface area contributed by atoms with Crippen LogP contribution in [0.2, 0.25) is 45.3 Å². The zero-order chi connectivity index (χ0) is 22.9. The van der Waals surface area contributed by atoms with E-state index in [9.17, 15) is 4.79 Å². The van der Waals surface area contributed by atoms with E-state index in [0.717, 1.165) is 6.42 Å². The standard InChI is InChI=1S/C20H40O5Si4/c1-12-26(6,7)23-29(24-27(8,9)13-2,25-28(10,11)14-3)18-16-15-17-22-20(21)19(4)5/h12-14H,1-4,15-18H2,5-11H3. The Morgan fingerprint density at radius 1 is 0.793 bits per heavy atom. The smallest absolute Gasteiger partial charge is 0.462 e. The molecule has 0 heterocycles. The van der Waals surface area contributed by atoms with Gasteiger partial charge < -0.3 is 17.1 Å². The van der Waals surface area contributed by atoms with Gasteiger partial charge in [-0.1, -0.05) is 23.7 Å². The van der Waals surface area contributed by atoms with Crippen LogP contribution in [0.3, 0.4) is 0 Å². The number of esters is 1. The van der Waals surface area contributed by atoms with Crippen molar-refractivity contribution in [2.75, 3.05) is 6.61 Å². The van der Waals surface area contributed by atoms with Gasteiger partial charge in [0.05, 0.1) is 6.61 Å². The number of ether oxygens (including phenoxy) is 1. The van der Waals surface area contributed by atoms with Crippen molar-refractivity contribution in [3.05, 3.63) is 49.0 Å². The largest absolute Gasteiger partial charge is 0.470 e. The molecule has 0 saturated carbocycles. The van der Waals surface area contributed by atoms with Gasteiger partial charge in [0, 0.05) is 11.6 Å². The summed E-state index contributed by atoms with van der Waals surface area (Å²) in [5, 5.41) is 0. The minimum Gasteiger partial charge on any atom is -0.462 e. The first-order chi connectivity index (χ1) is 13.1. The molecule has 0 spiro atoms. The first-order valence-electron chi connectivity index (χ1n) is 9.97. The van der Waals surface area contributed by atoms with Gasteiger partial charge in [-0.3, -0.25) is 0 Å². The molecule has 0 rings (SSSR count). The van der Waals surface area contributed by atoms with Gasteiger partial charge in [0.2, 0.25) is 25.0 Å². The summed E-state index contributed by atoms with van der Waals surface area (Å²) >= 11 is 0. The molecule has 0 fully saturated rings. The maximum absolute atomic E-state index is 11.6. The molecule has 0 aliphatic rings. The van der Waals surface area contributed by atoms with Gasteiger partial charge in [0.25, 0.3) is 0 Å². The Kier molecular flexibility index (Phi) is 11.2. The summed E-state index contributed by atoms with van der Waals surface area (Å²) in [6.07, 6.45) is 1.46. The molecule has 0 aliphatic heterocycles. The molecular formula is C20H40O5Si4. The fraction of sp³-hybridized carbons (Fsp3) is 0.550. The highest BCUT2D eigenvalue weighted by Gasteiger charge is 2.50. The molecule has 29 heavy (non-hydrogen) atoms. The molecule has 0 unspecified atom stereocenters. The average molecular weight is 473 g/mol. The summed E-state index contributed by atoms with van der Waals surface area (Å²) in [4.78, 5) is 11.6. The molecule has 5 nitrogen and oxygen atoms in total. The van der Waals surface area contributed by atoms with Crippen LogP contribution < -0.4 is 0 Å². The summed E-state index contributed by atoms with van der Waals surface area (Å²) in [7, 11) is -9.60. The third kappa shape index (κ3) is 11.2. The molecule has 0 aromatic carbocycles. The van der Waals surface area contributed by atoms with Gasteiger partial charge in [-0.25, -0.2) is 4.79 Å². The average Bonchev–Trinajstić information content (AvgIpc) is 2.59. The quantitative estimate of drug-likeness (QED) is 0.133. The van der Waals surface area contributed by atoms with Crippen molar-refractivity contribution < 1.29 is 21.9 Å². The molecule has 0 radical (unpaired) electrons. The first-order valence-corrected chi connectivity index (χ1v) is 20.9. The van der Waals surface area contributed by atoms with Crippen LogP contribution in [-0.2, 0) is 21.9 Å². The Labute approximate surface area is 182 Å². The lowest BCUT2D eigenvalue weighted by Crippen LogP contribution is -2.61. The lowest BCUT2D eigenvalue weighted by atomic mass is 10.3. The van der Waals surface area contributed by atoms with Gasteiger partial charge in [-0.15, -0.1) is 19.7 Å². The first kappa shape index (κ1) is 28.2. The molecule has 0 aromatic heterocycles. The van der Waals surface area contributed by atoms with Crippen molar-refractivity contribution in [2.45, 2.75) is 65.1 Å². The van der Waals surface area contributed by atoms with Crippen LogP contribution in [0.1, 0.15) is 19.8 Å². The van der Waals surface area contributed by atoms with Crippen LogP contribution in [0.4, 0.5) is 0 Å². The van der Waals surface area contributed by atoms with Crippen molar-refractivity contribution >= 4 is 39.7 Å². The SMILES string of the molecule is C=C[Si](C)(C)O[Si](CCCCOC(=O)C(=C)C)(O[Si](C)(C)C=C)O[Si](C)(C)C=C. The van der Waals surface area contributed by atoms with E-state index in [1.54, 1.807) is 6.92 Å². The summed E-state index contributed by atoms with van der Waals surface area (Å²) in [6.45, 7) is 30.0. The van der Waals surface area contributed by atoms with Crippen LogP contribution >= 0.6 is 0 Å². The fourth-order valence-corrected chi connectivity index (χ4v) is 16.4. The minimum absolute atomic E-state index is 0.336. The Balaban J connectivity index is 5.60. The highest BCUT2D eigenvalue weighted by Crippen LogP contribution is 2.31. The van der Waals surface area contributed by atoms with Crippen LogP contribution in [-0.4, -0.2) is 46.3 Å². The van der Waals surface area contributed by atoms with Gasteiger partial charge in [-0.2, -0.15) is 0 Å².